The Bertz CT molecular complexity index is 929. The van der Waals surface area contributed by atoms with Gasteiger partial charge in [-0.3, -0.25) is 14.4 Å². The minimum Gasteiger partial charge on any atom is -0.462 e. The highest BCUT2D eigenvalue weighted by Crippen LogP contribution is 2.59. The normalized spacial score (nSPS) is 46.7. The lowest BCUT2D eigenvalue weighted by Gasteiger charge is -2.59. The molecule has 0 aromatic rings. The van der Waals surface area contributed by atoms with Crippen LogP contribution in [-0.2, 0) is 33.3 Å². The maximum Gasteiger partial charge on any atom is 0.312 e. The third-order valence-corrected chi connectivity index (χ3v) is 8.63. The van der Waals surface area contributed by atoms with Crippen molar-refractivity contribution in [2.75, 3.05) is 0 Å². The molecule has 3 aliphatic heterocycles. The van der Waals surface area contributed by atoms with E-state index in [1.165, 1.54) is 13.8 Å². The average Bonchev–Trinajstić information content (AvgIpc) is 2.98. The fourth-order valence-electron chi connectivity index (χ4n) is 6.42. The fourth-order valence-corrected chi connectivity index (χ4v) is 6.81. The molecule has 2 bridgehead atoms. The molecule has 0 unspecified atom stereocenters. The van der Waals surface area contributed by atoms with E-state index < -0.39 is 76.7 Å². The van der Waals surface area contributed by atoms with Crippen LogP contribution in [0.5, 0.6) is 0 Å². The second-order valence-electron chi connectivity index (χ2n) is 9.92. The summed E-state index contributed by atoms with van der Waals surface area (Å²) in [6.07, 6.45) is -1.88. The van der Waals surface area contributed by atoms with Crippen LogP contribution in [0.4, 0.5) is 0 Å². The Hall–Kier alpha value is -1.90. The van der Waals surface area contributed by atoms with Crippen molar-refractivity contribution in [1.82, 2.24) is 0 Å². The summed E-state index contributed by atoms with van der Waals surface area (Å²) in [5, 5.41) is 11.3. The Morgan fingerprint density at radius 2 is 1.85 bits per heavy atom. The zero-order valence-corrected chi connectivity index (χ0v) is 20.3. The molecule has 3 saturated heterocycles. The van der Waals surface area contributed by atoms with Gasteiger partial charge in [-0.2, -0.15) is 0 Å². The number of carbonyl (C=O) groups excluding carboxylic acids is 3. The van der Waals surface area contributed by atoms with Gasteiger partial charge in [-0.05, 0) is 19.4 Å². The largest absolute Gasteiger partial charge is 0.462 e. The third-order valence-electron chi connectivity index (χ3n) is 8.12. The second kappa shape index (κ2) is 8.10. The number of fused-ring (bicyclic) bond motifs is 2. The maximum absolute atomic E-state index is 12.7. The quantitative estimate of drug-likeness (QED) is 0.277. The number of halogens is 1. The molecule has 0 radical (unpaired) electrons. The summed E-state index contributed by atoms with van der Waals surface area (Å²) >= 11 is 6.72. The Morgan fingerprint density at radius 3 is 2.45 bits per heavy atom. The first-order chi connectivity index (χ1) is 15.3. The molecule has 0 aromatic heterocycles. The van der Waals surface area contributed by atoms with Gasteiger partial charge in [0.1, 0.15) is 17.8 Å². The highest BCUT2D eigenvalue weighted by Gasteiger charge is 2.72. The molecule has 8 nitrogen and oxygen atoms in total. The number of rotatable bonds is 2. The SMILES string of the molecule is C=C1[C@@H]2C[C@@H](OC(C)=O)[C@@]3(C)[C@@H](OC(C)=O)CC=C(C)[C@@H]3[C@@H](O)[C@]3(O2)[C@H](C)C(=O)O[C@H]3[C@H]1Cl. The lowest BCUT2D eigenvalue weighted by molar-refractivity contribution is -0.262. The summed E-state index contributed by atoms with van der Waals surface area (Å²) in [6.45, 7) is 12.1. The minimum absolute atomic E-state index is 0.182. The summed E-state index contributed by atoms with van der Waals surface area (Å²) in [4.78, 5) is 36.9. The van der Waals surface area contributed by atoms with Crippen molar-refractivity contribution in [2.45, 2.75) is 89.0 Å². The van der Waals surface area contributed by atoms with Crippen LogP contribution < -0.4 is 0 Å². The zero-order chi connectivity index (χ0) is 24.5. The van der Waals surface area contributed by atoms with Gasteiger partial charge in [0.15, 0.2) is 6.10 Å². The number of alkyl halides is 1. The average molecular weight is 483 g/mol. The van der Waals surface area contributed by atoms with E-state index in [2.05, 4.69) is 6.58 Å². The maximum atomic E-state index is 12.7. The molecule has 1 aliphatic carbocycles. The van der Waals surface area contributed by atoms with E-state index in [0.29, 0.717) is 12.0 Å². The van der Waals surface area contributed by atoms with Gasteiger partial charge in [-0.1, -0.05) is 25.2 Å². The van der Waals surface area contributed by atoms with Gasteiger partial charge in [-0.15, -0.1) is 11.6 Å². The molecule has 9 heteroatoms. The van der Waals surface area contributed by atoms with E-state index in [-0.39, 0.29) is 6.42 Å². The summed E-state index contributed by atoms with van der Waals surface area (Å²) in [7, 11) is 0. The molecule has 0 amide bonds. The number of aliphatic hydroxyl groups excluding tert-OH is 1. The molecular weight excluding hydrogens is 452 g/mol. The first-order valence-electron chi connectivity index (χ1n) is 11.3. The van der Waals surface area contributed by atoms with Gasteiger partial charge in [0.2, 0.25) is 0 Å². The third kappa shape index (κ3) is 3.36. The van der Waals surface area contributed by atoms with Crippen LogP contribution in [0.3, 0.4) is 0 Å². The van der Waals surface area contributed by atoms with Gasteiger partial charge < -0.3 is 24.1 Å². The van der Waals surface area contributed by atoms with Crippen LogP contribution in [0.2, 0.25) is 0 Å². The number of ether oxygens (including phenoxy) is 4. The second-order valence-corrected chi connectivity index (χ2v) is 10.4. The zero-order valence-electron chi connectivity index (χ0n) is 19.5. The topological polar surface area (TPSA) is 108 Å². The first kappa shape index (κ1) is 24.2. The van der Waals surface area contributed by atoms with Crippen molar-refractivity contribution in [1.29, 1.82) is 0 Å². The predicted molar refractivity (Wildman–Crippen MR) is 117 cm³/mol. The number of esters is 3. The van der Waals surface area contributed by atoms with Crippen molar-refractivity contribution in [2.24, 2.45) is 17.3 Å². The lowest BCUT2D eigenvalue weighted by atomic mass is 9.54. The molecule has 3 fully saturated rings. The Kier molecular flexibility index (Phi) is 5.95. The van der Waals surface area contributed by atoms with Gasteiger partial charge in [0.25, 0.3) is 0 Å². The van der Waals surface area contributed by atoms with Crippen molar-refractivity contribution in [3.63, 3.8) is 0 Å². The molecule has 33 heavy (non-hydrogen) atoms. The molecule has 182 valence electrons. The van der Waals surface area contributed by atoms with Crippen LogP contribution in [-0.4, -0.2) is 64.5 Å². The molecule has 0 saturated carbocycles. The summed E-state index contributed by atoms with van der Waals surface area (Å²) in [5.41, 5.74) is -1.14. The highest BCUT2D eigenvalue weighted by atomic mass is 35.5. The summed E-state index contributed by atoms with van der Waals surface area (Å²) < 4.78 is 23.6. The molecule has 3 heterocycles. The number of hydrogen-bond acceptors (Lipinski definition) is 8. The summed E-state index contributed by atoms with van der Waals surface area (Å²) in [6, 6.07) is 0. The summed E-state index contributed by atoms with van der Waals surface area (Å²) in [5.74, 6) is -2.96. The molecule has 4 aliphatic rings. The van der Waals surface area contributed by atoms with Crippen LogP contribution in [0, 0.1) is 17.3 Å². The van der Waals surface area contributed by atoms with Crippen LogP contribution in [0.1, 0.15) is 47.5 Å². The molecule has 10 atom stereocenters. The van der Waals surface area contributed by atoms with Crippen LogP contribution >= 0.6 is 11.6 Å². The smallest absolute Gasteiger partial charge is 0.312 e. The highest BCUT2D eigenvalue weighted by molar-refractivity contribution is 6.23. The predicted octanol–water partition coefficient (Wildman–Crippen LogP) is 2.45. The van der Waals surface area contributed by atoms with Crippen LogP contribution in [0.25, 0.3) is 0 Å². The Balaban J connectivity index is 1.95. The Labute approximate surface area is 198 Å². The minimum atomic E-state index is -1.43. The van der Waals surface area contributed by atoms with Crippen molar-refractivity contribution in [3.05, 3.63) is 23.8 Å². The van der Waals surface area contributed by atoms with Crippen LogP contribution in [0.15, 0.2) is 23.8 Å². The number of aliphatic hydroxyl groups is 1. The van der Waals surface area contributed by atoms with E-state index in [1.54, 1.807) is 6.92 Å². The fraction of sp³-hybridized carbons (Fsp3) is 0.708. The molecular formula is C24H31ClO8. The van der Waals surface area contributed by atoms with Crippen molar-refractivity contribution < 1.29 is 38.4 Å². The number of carbonyl (C=O) groups is 3. The van der Waals surface area contributed by atoms with Gasteiger partial charge in [0.05, 0.1) is 28.9 Å². The molecule has 0 aromatic carbocycles. The molecule has 1 spiro atoms. The Morgan fingerprint density at radius 1 is 1.24 bits per heavy atom. The van der Waals surface area contributed by atoms with E-state index in [4.69, 9.17) is 30.5 Å². The molecule has 1 N–H and O–H groups in total. The van der Waals surface area contributed by atoms with Gasteiger partial charge in [0, 0.05) is 32.6 Å². The van der Waals surface area contributed by atoms with E-state index in [1.807, 2.05) is 19.9 Å². The lowest BCUT2D eigenvalue weighted by Crippen LogP contribution is -2.71. The standard InChI is InChI=1S/C24H31ClO8/c1-10-7-8-16(30-13(4)26)23(6)17(31-14(5)27)9-15-11(2)19(25)21-24(33-15,20(28)18(10)23)12(3)22(29)32-21/h7,12,15-21,28H,2,8-9H2,1,3-6H3/t12-,15+,16+,17-,18-,19+,20-,21+,23-,24-/m1/s1. The first-order valence-corrected chi connectivity index (χ1v) is 11.7. The van der Waals surface area contributed by atoms with E-state index in [9.17, 15) is 19.5 Å². The molecule has 4 rings (SSSR count). The van der Waals surface area contributed by atoms with Crippen molar-refractivity contribution in [3.8, 4) is 0 Å². The monoisotopic (exact) mass is 482 g/mol. The number of hydrogen-bond donors (Lipinski definition) is 1. The van der Waals surface area contributed by atoms with E-state index >= 15 is 0 Å². The van der Waals surface area contributed by atoms with E-state index in [0.717, 1.165) is 5.57 Å². The van der Waals surface area contributed by atoms with Gasteiger partial charge in [-0.25, -0.2) is 0 Å². The van der Waals surface area contributed by atoms with Crippen molar-refractivity contribution >= 4 is 29.5 Å². The van der Waals surface area contributed by atoms with Gasteiger partial charge >= 0.3 is 17.9 Å².